The molecule has 0 saturated carbocycles. The van der Waals surface area contributed by atoms with Crippen LogP contribution in [0.5, 0.6) is 0 Å². The number of anilines is 2. The molecular weight excluding hydrogens is 343 g/mol. The van der Waals surface area contributed by atoms with Crippen LogP contribution in [0.25, 0.3) is 0 Å². The molecule has 0 aliphatic carbocycles. The number of rotatable bonds is 2. The molecule has 0 amide bonds. The minimum Gasteiger partial charge on any atom is -0.390 e. The predicted molar refractivity (Wildman–Crippen MR) is 85.7 cm³/mol. The number of fused-ring (bicyclic) bond motifs is 1. The van der Waals surface area contributed by atoms with E-state index in [4.69, 9.17) is 11.6 Å². The van der Waals surface area contributed by atoms with Crippen LogP contribution in [0.15, 0.2) is 12.1 Å². The number of halogens is 4. The van der Waals surface area contributed by atoms with Gasteiger partial charge in [-0.3, -0.25) is 0 Å². The van der Waals surface area contributed by atoms with E-state index in [2.05, 4.69) is 4.98 Å². The zero-order valence-corrected chi connectivity index (χ0v) is 14.0. The summed E-state index contributed by atoms with van der Waals surface area (Å²) < 4.78 is 41.1. The van der Waals surface area contributed by atoms with Crippen molar-refractivity contribution >= 4 is 23.2 Å². The maximum absolute atomic E-state index is 13.2. The van der Waals surface area contributed by atoms with Crippen LogP contribution in [0.3, 0.4) is 0 Å². The summed E-state index contributed by atoms with van der Waals surface area (Å²) >= 11 is 6.35. The Labute approximate surface area is 142 Å². The highest BCUT2D eigenvalue weighted by Gasteiger charge is 2.40. The summed E-state index contributed by atoms with van der Waals surface area (Å²) in [5, 5.41) is 9.90. The maximum atomic E-state index is 13.2. The fourth-order valence-corrected chi connectivity index (χ4v) is 3.67. The standard InChI is InChI=1S/C16H17ClF3N3O/c1-9-6-10(2)13(11(17)7-9)23-5-3-4-22-12(8-24)14(16(18,19)20)21-15(22)23/h6-7,24H,3-5,8H2,1-2H3. The third-order valence-corrected chi connectivity index (χ3v) is 4.43. The van der Waals surface area contributed by atoms with Gasteiger partial charge in [-0.25, -0.2) is 4.98 Å². The van der Waals surface area contributed by atoms with Crippen LogP contribution in [0.2, 0.25) is 5.02 Å². The first kappa shape index (κ1) is 17.1. The van der Waals surface area contributed by atoms with Crippen molar-refractivity contribution in [1.82, 2.24) is 9.55 Å². The molecule has 1 aliphatic heterocycles. The maximum Gasteiger partial charge on any atom is 0.435 e. The number of aliphatic hydroxyl groups excluding tert-OH is 1. The lowest BCUT2D eigenvalue weighted by atomic mass is 10.1. The summed E-state index contributed by atoms with van der Waals surface area (Å²) in [5.74, 6) is 0.173. The fourth-order valence-electron chi connectivity index (χ4n) is 3.25. The quantitative estimate of drug-likeness (QED) is 0.873. The van der Waals surface area contributed by atoms with Crippen LogP contribution in [-0.2, 0) is 19.3 Å². The summed E-state index contributed by atoms with van der Waals surface area (Å²) in [7, 11) is 0. The zero-order valence-electron chi connectivity index (χ0n) is 13.3. The van der Waals surface area contributed by atoms with Crippen molar-refractivity contribution < 1.29 is 18.3 Å². The monoisotopic (exact) mass is 359 g/mol. The Hall–Kier alpha value is -1.73. The Morgan fingerprint density at radius 3 is 2.54 bits per heavy atom. The van der Waals surface area contributed by atoms with Crippen LogP contribution in [0, 0.1) is 13.8 Å². The van der Waals surface area contributed by atoms with Crippen molar-refractivity contribution in [3.8, 4) is 0 Å². The van der Waals surface area contributed by atoms with Gasteiger partial charge in [-0.2, -0.15) is 13.2 Å². The number of benzene rings is 1. The Morgan fingerprint density at radius 1 is 1.25 bits per heavy atom. The first-order valence-corrected chi connectivity index (χ1v) is 7.93. The summed E-state index contributed by atoms with van der Waals surface area (Å²) in [4.78, 5) is 5.50. The number of imidazole rings is 1. The van der Waals surface area contributed by atoms with E-state index in [0.29, 0.717) is 30.2 Å². The van der Waals surface area contributed by atoms with Gasteiger partial charge < -0.3 is 14.6 Å². The molecule has 1 aromatic heterocycles. The lowest BCUT2D eigenvalue weighted by molar-refractivity contribution is -0.142. The average Bonchev–Trinajstić information content (AvgIpc) is 2.85. The van der Waals surface area contributed by atoms with Gasteiger partial charge in [0.25, 0.3) is 0 Å². The second kappa shape index (κ2) is 5.97. The molecule has 1 aliphatic rings. The van der Waals surface area contributed by atoms with Crippen LogP contribution >= 0.6 is 11.6 Å². The molecule has 0 unspecified atom stereocenters. The fraction of sp³-hybridized carbons (Fsp3) is 0.438. The van der Waals surface area contributed by atoms with Gasteiger partial charge in [0.2, 0.25) is 5.95 Å². The van der Waals surface area contributed by atoms with Gasteiger partial charge in [0.15, 0.2) is 5.69 Å². The number of aryl methyl sites for hydroxylation is 2. The molecule has 24 heavy (non-hydrogen) atoms. The third-order valence-electron chi connectivity index (χ3n) is 4.14. The van der Waals surface area contributed by atoms with E-state index in [1.807, 2.05) is 19.9 Å². The number of aliphatic hydroxyl groups is 1. The van der Waals surface area contributed by atoms with Crippen molar-refractivity contribution in [1.29, 1.82) is 0 Å². The molecule has 0 radical (unpaired) electrons. The smallest absolute Gasteiger partial charge is 0.390 e. The summed E-state index contributed by atoms with van der Waals surface area (Å²) in [5.41, 5.74) is 1.27. The molecule has 0 atom stereocenters. The second-order valence-electron chi connectivity index (χ2n) is 5.93. The summed E-state index contributed by atoms with van der Waals surface area (Å²) in [6.45, 7) is 3.96. The highest BCUT2D eigenvalue weighted by atomic mass is 35.5. The molecule has 1 aromatic carbocycles. The number of hydrogen-bond acceptors (Lipinski definition) is 3. The van der Waals surface area contributed by atoms with Crippen LogP contribution < -0.4 is 4.90 Å². The molecule has 0 fully saturated rings. The van der Waals surface area contributed by atoms with Crippen LogP contribution in [0.1, 0.15) is 28.9 Å². The minimum absolute atomic E-state index is 0.173. The van der Waals surface area contributed by atoms with Gasteiger partial charge >= 0.3 is 6.18 Å². The lowest BCUT2D eigenvalue weighted by Gasteiger charge is -2.31. The molecule has 8 heteroatoms. The van der Waals surface area contributed by atoms with Gasteiger partial charge in [-0.15, -0.1) is 0 Å². The van der Waals surface area contributed by atoms with Gasteiger partial charge in [-0.05, 0) is 37.5 Å². The Morgan fingerprint density at radius 2 is 1.96 bits per heavy atom. The molecule has 1 N–H and O–H groups in total. The first-order valence-electron chi connectivity index (χ1n) is 7.55. The lowest BCUT2D eigenvalue weighted by Crippen LogP contribution is -2.29. The molecule has 2 aromatic rings. The van der Waals surface area contributed by atoms with E-state index in [-0.39, 0.29) is 11.6 Å². The largest absolute Gasteiger partial charge is 0.435 e. The van der Waals surface area contributed by atoms with Crippen LogP contribution in [0.4, 0.5) is 24.8 Å². The molecule has 0 spiro atoms. The topological polar surface area (TPSA) is 41.3 Å². The van der Waals surface area contributed by atoms with E-state index >= 15 is 0 Å². The highest BCUT2D eigenvalue weighted by Crippen LogP contribution is 2.41. The third kappa shape index (κ3) is 2.75. The Bertz CT molecular complexity index is 763. The van der Waals surface area contributed by atoms with Crippen molar-refractivity contribution in [2.24, 2.45) is 0 Å². The minimum atomic E-state index is -4.61. The number of nitrogens with zero attached hydrogens (tertiary/aromatic N) is 3. The Kier molecular flexibility index (Phi) is 4.25. The number of alkyl halides is 3. The van der Waals surface area contributed by atoms with Crippen molar-refractivity contribution in [2.75, 3.05) is 11.4 Å². The average molecular weight is 360 g/mol. The van der Waals surface area contributed by atoms with Crippen molar-refractivity contribution in [2.45, 2.75) is 39.6 Å². The molecule has 0 bridgehead atoms. The van der Waals surface area contributed by atoms with E-state index in [0.717, 1.165) is 11.1 Å². The van der Waals surface area contributed by atoms with Gasteiger partial charge in [0.05, 0.1) is 23.0 Å². The van der Waals surface area contributed by atoms with E-state index in [9.17, 15) is 18.3 Å². The number of aromatic nitrogens is 2. The highest BCUT2D eigenvalue weighted by molar-refractivity contribution is 6.33. The first-order chi connectivity index (χ1) is 11.2. The number of hydrogen-bond donors (Lipinski definition) is 1. The molecule has 130 valence electrons. The van der Waals surface area contributed by atoms with Crippen LogP contribution in [-0.4, -0.2) is 21.2 Å². The second-order valence-corrected chi connectivity index (χ2v) is 6.34. The molecule has 2 heterocycles. The van der Waals surface area contributed by atoms with Crippen molar-refractivity contribution in [3.63, 3.8) is 0 Å². The Balaban J connectivity index is 2.19. The van der Waals surface area contributed by atoms with Gasteiger partial charge in [-0.1, -0.05) is 17.7 Å². The molecular formula is C16H17ClF3N3O. The van der Waals surface area contributed by atoms with E-state index in [1.54, 1.807) is 11.0 Å². The summed E-state index contributed by atoms with van der Waals surface area (Å²) in [6.07, 6.45) is -3.97. The summed E-state index contributed by atoms with van der Waals surface area (Å²) in [6, 6.07) is 3.71. The van der Waals surface area contributed by atoms with Gasteiger partial charge in [0, 0.05) is 13.1 Å². The molecule has 0 saturated heterocycles. The SMILES string of the molecule is Cc1cc(C)c(N2CCCn3c2nc(C(F)(F)F)c3CO)c(Cl)c1. The van der Waals surface area contributed by atoms with Gasteiger partial charge in [0.1, 0.15) is 0 Å². The molecule has 4 nitrogen and oxygen atoms in total. The zero-order chi connectivity index (χ0) is 17.6. The normalized spacial score (nSPS) is 14.9. The van der Waals surface area contributed by atoms with Crippen molar-refractivity contribution in [3.05, 3.63) is 39.7 Å². The molecule has 3 rings (SSSR count). The predicted octanol–water partition coefficient (Wildman–Crippen LogP) is 4.21. The van der Waals surface area contributed by atoms with E-state index in [1.165, 1.54) is 4.57 Å². The van der Waals surface area contributed by atoms with E-state index < -0.39 is 18.5 Å².